The molecule has 0 saturated heterocycles. The average Bonchev–Trinajstić information content (AvgIpc) is 3.00. The molecule has 0 aliphatic carbocycles. The third-order valence-electron chi connectivity index (χ3n) is 3.96. The Labute approximate surface area is 176 Å². The predicted molar refractivity (Wildman–Crippen MR) is 112 cm³/mol. The van der Waals surface area contributed by atoms with Crippen molar-refractivity contribution < 1.29 is 19.4 Å². The third-order valence-corrected chi connectivity index (χ3v) is 6.02. The number of esters is 1. The number of aryl methyl sites for hydroxylation is 1. The lowest BCUT2D eigenvalue weighted by molar-refractivity contribution is 0.0605. The van der Waals surface area contributed by atoms with Crippen molar-refractivity contribution in [1.29, 1.82) is 0 Å². The topological polar surface area (TPSA) is 102 Å². The molecule has 28 heavy (non-hydrogen) atoms. The van der Waals surface area contributed by atoms with Crippen molar-refractivity contribution in [3.8, 4) is 11.5 Å². The first kappa shape index (κ1) is 20.4. The number of nitrogens with one attached hydrogen (secondary N) is 1. The fourth-order valence-corrected chi connectivity index (χ4v) is 4.37. The number of phenolic OH excluding ortho intramolecular Hbond substituents is 1. The van der Waals surface area contributed by atoms with Gasteiger partial charge in [0.05, 0.1) is 29.1 Å². The summed E-state index contributed by atoms with van der Waals surface area (Å²) >= 11 is 10.7. The lowest BCUT2D eigenvalue weighted by Gasteiger charge is -2.07. The Balaban J connectivity index is 2.11. The monoisotopic (exact) mass is 484 g/mol. The largest absolute Gasteiger partial charge is 0.503 e. The zero-order valence-corrected chi connectivity index (χ0v) is 18.1. The molecule has 1 aromatic carbocycles. The summed E-state index contributed by atoms with van der Waals surface area (Å²) in [6.07, 6.45) is 1.57. The molecule has 146 valence electrons. The minimum Gasteiger partial charge on any atom is -0.503 e. The summed E-state index contributed by atoms with van der Waals surface area (Å²) < 4.78 is 10.3. The number of carbonyl (C=O) groups is 1. The van der Waals surface area contributed by atoms with E-state index in [1.165, 1.54) is 14.2 Å². The van der Waals surface area contributed by atoms with E-state index in [1.54, 1.807) is 25.1 Å². The van der Waals surface area contributed by atoms with Crippen LogP contribution < -0.4 is 10.3 Å². The van der Waals surface area contributed by atoms with Gasteiger partial charge in [0.25, 0.3) is 5.56 Å². The SMILES string of the molecule is COC(=O)c1sc2nc(/C(Cl)=C/c3cc(Br)c(O)c(OC)c3)[nH]c(=O)c2c1C. The molecule has 0 unspecified atom stereocenters. The molecule has 0 atom stereocenters. The Morgan fingerprint density at radius 3 is 2.75 bits per heavy atom. The number of benzene rings is 1. The molecule has 0 aliphatic heterocycles. The second-order valence-electron chi connectivity index (χ2n) is 5.69. The van der Waals surface area contributed by atoms with Crippen LogP contribution in [-0.4, -0.2) is 35.3 Å². The van der Waals surface area contributed by atoms with Crippen molar-refractivity contribution >= 4 is 66.2 Å². The Kier molecular flexibility index (Phi) is 5.78. The van der Waals surface area contributed by atoms with Gasteiger partial charge in [-0.1, -0.05) is 11.6 Å². The number of H-pyrrole nitrogens is 1. The Hall–Kier alpha value is -2.36. The molecular weight excluding hydrogens is 472 g/mol. The maximum absolute atomic E-state index is 12.5. The highest BCUT2D eigenvalue weighted by molar-refractivity contribution is 9.10. The van der Waals surface area contributed by atoms with E-state index in [9.17, 15) is 14.7 Å². The second kappa shape index (κ2) is 7.94. The van der Waals surface area contributed by atoms with Crippen molar-refractivity contribution in [3.05, 3.63) is 48.8 Å². The van der Waals surface area contributed by atoms with Crippen molar-refractivity contribution in [1.82, 2.24) is 9.97 Å². The maximum Gasteiger partial charge on any atom is 0.348 e. The molecule has 0 saturated carbocycles. The number of thiophene rings is 1. The van der Waals surface area contributed by atoms with E-state index in [-0.39, 0.29) is 22.4 Å². The summed E-state index contributed by atoms with van der Waals surface area (Å²) in [6.45, 7) is 1.67. The standard InChI is InChI=1S/C18H14BrClN2O5S/c1-7-12-16(24)21-15(22-17(12)28-14(7)18(25)27-3)10(20)5-8-4-9(19)13(23)11(6-8)26-2/h4-6,23H,1-3H3,(H,21,22,24)/b10-5-. The fraction of sp³-hybridized carbons (Fsp3) is 0.167. The molecule has 0 spiro atoms. The number of rotatable bonds is 4. The quantitative estimate of drug-likeness (QED) is 0.535. The van der Waals surface area contributed by atoms with Crippen molar-refractivity contribution in [2.75, 3.05) is 14.2 Å². The van der Waals surface area contributed by atoms with Gasteiger partial charge in [-0.25, -0.2) is 9.78 Å². The summed E-state index contributed by atoms with van der Waals surface area (Å²) in [5.41, 5.74) is 0.728. The Morgan fingerprint density at radius 2 is 2.11 bits per heavy atom. The van der Waals surface area contributed by atoms with Gasteiger partial charge in [0.15, 0.2) is 17.3 Å². The summed E-state index contributed by atoms with van der Waals surface area (Å²) in [6, 6.07) is 3.23. The molecule has 10 heteroatoms. The van der Waals surface area contributed by atoms with E-state index in [0.29, 0.717) is 30.7 Å². The first-order chi connectivity index (χ1) is 13.3. The van der Waals surface area contributed by atoms with E-state index in [0.717, 1.165) is 11.3 Å². The molecule has 0 bridgehead atoms. The highest BCUT2D eigenvalue weighted by atomic mass is 79.9. The van der Waals surface area contributed by atoms with E-state index in [4.69, 9.17) is 21.1 Å². The minimum absolute atomic E-state index is 0.0341. The highest BCUT2D eigenvalue weighted by Crippen LogP contribution is 2.36. The number of hydrogen-bond acceptors (Lipinski definition) is 7. The van der Waals surface area contributed by atoms with Crippen molar-refractivity contribution in [3.63, 3.8) is 0 Å². The first-order valence-electron chi connectivity index (χ1n) is 7.82. The minimum atomic E-state index is -0.524. The Bertz CT molecular complexity index is 1180. The van der Waals surface area contributed by atoms with Gasteiger partial charge in [-0.2, -0.15) is 0 Å². The number of carbonyl (C=O) groups excluding carboxylic acids is 1. The number of ether oxygens (including phenoxy) is 2. The molecule has 2 heterocycles. The summed E-state index contributed by atoms with van der Waals surface area (Å²) in [4.78, 5) is 32.1. The number of aromatic amines is 1. The molecule has 0 fully saturated rings. The number of aromatic hydroxyl groups is 1. The Morgan fingerprint density at radius 1 is 1.39 bits per heavy atom. The molecule has 0 amide bonds. The van der Waals surface area contributed by atoms with Gasteiger partial charge >= 0.3 is 5.97 Å². The molecule has 0 radical (unpaired) electrons. The van der Waals surface area contributed by atoms with E-state index < -0.39 is 11.5 Å². The van der Waals surface area contributed by atoms with Crippen LogP contribution in [0.15, 0.2) is 21.4 Å². The van der Waals surface area contributed by atoms with Gasteiger partial charge in [0.2, 0.25) is 0 Å². The molecule has 2 aromatic heterocycles. The van der Waals surface area contributed by atoms with E-state index >= 15 is 0 Å². The van der Waals surface area contributed by atoms with Crippen LogP contribution in [-0.2, 0) is 4.74 Å². The van der Waals surface area contributed by atoms with Crippen LogP contribution in [0.3, 0.4) is 0 Å². The molecule has 2 N–H and O–H groups in total. The molecule has 0 aliphatic rings. The number of fused-ring (bicyclic) bond motifs is 1. The van der Waals surface area contributed by atoms with Crippen LogP contribution in [0.1, 0.15) is 26.6 Å². The zero-order valence-electron chi connectivity index (χ0n) is 14.9. The summed E-state index contributed by atoms with van der Waals surface area (Å²) in [7, 11) is 2.71. The fourth-order valence-electron chi connectivity index (χ4n) is 2.59. The number of phenols is 1. The molecule has 3 rings (SSSR count). The van der Waals surface area contributed by atoms with Crippen LogP contribution in [0.4, 0.5) is 0 Å². The van der Waals surface area contributed by atoms with Crippen LogP contribution in [0.25, 0.3) is 21.3 Å². The second-order valence-corrected chi connectivity index (χ2v) is 7.95. The van der Waals surface area contributed by atoms with Gasteiger partial charge in [-0.3, -0.25) is 4.79 Å². The normalized spacial score (nSPS) is 11.7. The van der Waals surface area contributed by atoms with Gasteiger partial charge in [0.1, 0.15) is 9.71 Å². The molecular formula is C18H14BrClN2O5S. The summed E-state index contributed by atoms with van der Waals surface area (Å²) in [5.74, 6) is -0.143. The third kappa shape index (κ3) is 3.65. The van der Waals surface area contributed by atoms with Crippen LogP contribution >= 0.6 is 38.9 Å². The first-order valence-corrected chi connectivity index (χ1v) is 9.81. The van der Waals surface area contributed by atoms with E-state index in [2.05, 4.69) is 25.9 Å². The lowest BCUT2D eigenvalue weighted by atomic mass is 10.2. The maximum atomic E-state index is 12.5. The smallest absolute Gasteiger partial charge is 0.348 e. The molecule has 3 aromatic rings. The van der Waals surface area contributed by atoms with Crippen LogP contribution in [0.2, 0.25) is 0 Å². The van der Waals surface area contributed by atoms with Gasteiger partial charge in [-0.05, 0) is 52.2 Å². The van der Waals surface area contributed by atoms with Crippen LogP contribution in [0.5, 0.6) is 11.5 Å². The van der Waals surface area contributed by atoms with E-state index in [1.807, 2.05) is 0 Å². The van der Waals surface area contributed by atoms with Gasteiger partial charge < -0.3 is 19.6 Å². The molecule has 7 nitrogen and oxygen atoms in total. The number of aromatic nitrogens is 2. The highest BCUT2D eigenvalue weighted by Gasteiger charge is 2.20. The van der Waals surface area contributed by atoms with Crippen molar-refractivity contribution in [2.45, 2.75) is 6.92 Å². The number of halogens is 2. The number of methoxy groups -OCH3 is 2. The van der Waals surface area contributed by atoms with Gasteiger partial charge in [-0.15, -0.1) is 11.3 Å². The van der Waals surface area contributed by atoms with Crippen molar-refractivity contribution in [2.24, 2.45) is 0 Å². The number of nitrogens with zero attached hydrogens (tertiary/aromatic N) is 1. The zero-order chi connectivity index (χ0) is 20.6. The van der Waals surface area contributed by atoms with Crippen LogP contribution in [0, 0.1) is 6.92 Å². The lowest BCUT2D eigenvalue weighted by Crippen LogP contribution is -2.10. The average molecular weight is 486 g/mol. The number of hydrogen-bond donors (Lipinski definition) is 2. The van der Waals surface area contributed by atoms with Gasteiger partial charge in [0, 0.05) is 0 Å². The predicted octanol–water partition coefficient (Wildman–Crippen LogP) is 4.29. The summed E-state index contributed by atoms with van der Waals surface area (Å²) in [5, 5.41) is 10.4.